The summed E-state index contributed by atoms with van der Waals surface area (Å²) in [5, 5.41) is 2.90. The fourth-order valence-electron chi connectivity index (χ4n) is 2.66. The van der Waals surface area contributed by atoms with Crippen molar-refractivity contribution >= 4 is 27.5 Å². The van der Waals surface area contributed by atoms with Crippen LogP contribution in [0.25, 0.3) is 0 Å². The molecule has 8 nitrogen and oxygen atoms in total. The molecule has 0 aliphatic carbocycles. The highest BCUT2D eigenvalue weighted by molar-refractivity contribution is 7.89. The molecule has 1 amide bonds. The first-order valence-corrected chi connectivity index (χ1v) is 11.0. The molecule has 0 saturated carbocycles. The second-order valence-corrected chi connectivity index (χ2v) is 8.48. The maximum Gasteiger partial charge on any atom is 0.258 e. The smallest absolute Gasteiger partial charge is 0.258 e. The molecule has 0 spiro atoms. The van der Waals surface area contributed by atoms with Crippen molar-refractivity contribution in [2.45, 2.75) is 17.9 Å². The summed E-state index contributed by atoms with van der Waals surface area (Å²) in [7, 11) is -0.676. The number of ether oxygens (including phenoxy) is 3. The van der Waals surface area contributed by atoms with Crippen molar-refractivity contribution in [3.63, 3.8) is 0 Å². The normalized spacial score (nSPS) is 12.3. The topological polar surface area (TPSA) is 103 Å². The number of amides is 1. The summed E-state index contributed by atoms with van der Waals surface area (Å²) in [6.45, 7) is 1.94. The molecule has 0 aliphatic rings. The molecule has 2 aromatic carbocycles. The number of sulfonamides is 1. The minimum absolute atomic E-state index is 0.00907. The third kappa shape index (κ3) is 6.60. The summed E-state index contributed by atoms with van der Waals surface area (Å²) >= 11 is 6.13. The molecule has 1 atom stereocenters. The molecule has 30 heavy (non-hydrogen) atoms. The van der Waals surface area contributed by atoms with Gasteiger partial charge in [0.1, 0.15) is 11.5 Å². The molecule has 2 N–H and O–H groups in total. The van der Waals surface area contributed by atoms with Gasteiger partial charge in [0.25, 0.3) is 5.91 Å². The predicted octanol–water partition coefficient (Wildman–Crippen LogP) is 2.53. The number of halogens is 1. The summed E-state index contributed by atoms with van der Waals surface area (Å²) in [6.07, 6.45) is 0. The van der Waals surface area contributed by atoms with Crippen LogP contribution >= 0.6 is 11.6 Å². The van der Waals surface area contributed by atoms with Gasteiger partial charge < -0.3 is 19.5 Å². The molecule has 0 radical (unpaired) electrons. The maximum atomic E-state index is 12.2. The van der Waals surface area contributed by atoms with Crippen LogP contribution in [0.4, 0.5) is 0 Å². The van der Waals surface area contributed by atoms with Gasteiger partial charge in [-0.3, -0.25) is 4.79 Å². The zero-order chi connectivity index (χ0) is 22.1. The molecule has 0 heterocycles. The minimum atomic E-state index is -3.72. The lowest BCUT2D eigenvalue weighted by Gasteiger charge is -2.17. The van der Waals surface area contributed by atoms with Gasteiger partial charge in [-0.2, -0.15) is 0 Å². The molecule has 2 rings (SSSR count). The number of methoxy groups -OCH3 is 2. The molecule has 0 aliphatic heterocycles. The Balaban J connectivity index is 1.96. The number of hydrogen-bond donors (Lipinski definition) is 2. The van der Waals surface area contributed by atoms with Gasteiger partial charge in [0.2, 0.25) is 10.0 Å². The fraction of sp³-hybridized carbons (Fsp3) is 0.350. The molecule has 0 aromatic heterocycles. The molecule has 164 valence electrons. The lowest BCUT2D eigenvalue weighted by atomic mass is 10.1. The van der Waals surface area contributed by atoms with E-state index in [0.717, 1.165) is 5.56 Å². The number of carbonyl (C=O) groups is 1. The van der Waals surface area contributed by atoms with Crippen LogP contribution in [-0.4, -0.2) is 48.3 Å². The first-order valence-electron chi connectivity index (χ1n) is 9.11. The highest BCUT2D eigenvalue weighted by Crippen LogP contribution is 2.28. The number of benzene rings is 2. The monoisotopic (exact) mass is 456 g/mol. The molecule has 0 bridgehead atoms. The molecule has 10 heteroatoms. The van der Waals surface area contributed by atoms with E-state index in [4.69, 9.17) is 25.8 Å². The van der Waals surface area contributed by atoms with Crippen molar-refractivity contribution in [1.29, 1.82) is 0 Å². The van der Waals surface area contributed by atoms with E-state index in [1.54, 1.807) is 7.11 Å². The van der Waals surface area contributed by atoms with Crippen LogP contribution in [0.2, 0.25) is 5.02 Å². The van der Waals surface area contributed by atoms with Gasteiger partial charge in [-0.1, -0.05) is 29.8 Å². The Morgan fingerprint density at radius 2 is 1.87 bits per heavy atom. The lowest BCUT2D eigenvalue weighted by Crippen LogP contribution is -2.31. The largest absolute Gasteiger partial charge is 0.496 e. The number of carbonyl (C=O) groups excluding carboxylic acids is 1. The average Bonchev–Trinajstić information content (AvgIpc) is 2.72. The second kappa shape index (κ2) is 11.2. The number of nitrogens with one attached hydrogen (secondary N) is 2. The van der Waals surface area contributed by atoms with Crippen LogP contribution in [0.15, 0.2) is 47.4 Å². The van der Waals surface area contributed by atoms with Crippen molar-refractivity contribution in [2.24, 2.45) is 0 Å². The van der Waals surface area contributed by atoms with Crippen molar-refractivity contribution in [1.82, 2.24) is 10.0 Å². The first-order chi connectivity index (χ1) is 14.3. The van der Waals surface area contributed by atoms with Crippen molar-refractivity contribution in [3.8, 4) is 11.5 Å². The highest BCUT2D eigenvalue weighted by atomic mass is 35.5. The molecular weight excluding hydrogens is 432 g/mol. The quantitative estimate of drug-likeness (QED) is 0.504. The van der Waals surface area contributed by atoms with Crippen molar-refractivity contribution in [2.75, 3.05) is 34.0 Å². The van der Waals surface area contributed by atoms with Gasteiger partial charge >= 0.3 is 0 Å². The summed E-state index contributed by atoms with van der Waals surface area (Å²) in [5.41, 5.74) is 0.835. The number of rotatable bonds is 11. The van der Waals surface area contributed by atoms with E-state index in [2.05, 4.69) is 10.0 Å². The van der Waals surface area contributed by atoms with E-state index < -0.39 is 10.0 Å². The summed E-state index contributed by atoms with van der Waals surface area (Å²) in [4.78, 5) is 12.2. The lowest BCUT2D eigenvalue weighted by molar-refractivity contribution is -0.123. The van der Waals surface area contributed by atoms with Crippen LogP contribution in [0.5, 0.6) is 11.5 Å². The number of hydrogen-bond acceptors (Lipinski definition) is 6. The van der Waals surface area contributed by atoms with E-state index in [9.17, 15) is 13.2 Å². The summed E-state index contributed by atoms with van der Waals surface area (Å²) < 4.78 is 42.4. The highest BCUT2D eigenvalue weighted by Gasteiger charge is 2.17. The number of para-hydroxylation sites is 1. The van der Waals surface area contributed by atoms with Crippen LogP contribution in [0, 0.1) is 0 Å². The Bertz CT molecular complexity index is 968. The third-order valence-corrected chi connectivity index (χ3v) is 5.91. The standard InChI is InChI=1S/C20H25ClN2O6S/c1-14(16-6-4-5-7-18(16)28-3)23-20(24)13-29-19-9-8-15(12-17(19)21)30(25,26)22-10-11-27-2/h4-9,12,14,22H,10-11,13H2,1-3H3,(H,23,24)/t14-/m0/s1. The fourth-order valence-corrected chi connectivity index (χ4v) is 3.99. The Morgan fingerprint density at radius 3 is 2.53 bits per heavy atom. The van der Waals surface area contributed by atoms with Crippen LogP contribution < -0.4 is 19.5 Å². The van der Waals surface area contributed by atoms with E-state index in [0.29, 0.717) is 5.75 Å². The SMILES string of the molecule is COCCNS(=O)(=O)c1ccc(OCC(=O)N[C@@H](C)c2ccccc2OC)c(Cl)c1. The molecule has 0 saturated heterocycles. The Hall–Kier alpha value is -2.33. The van der Waals surface area contributed by atoms with Crippen LogP contribution in [0.3, 0.4) is 0 Å². The Kier molecular flexibility index (Phi) is 8.91. The zero-order valence-corrected chi connectivity index (χ0v) is 18.5. The average molecular weight is 457 g/mol. The second-order valence-electron chi connectivity index (χ2n) is 6.30. The maximum absolute atomic E-state index is 12.2. The van der Waals surface area contributed by atoms with Crippen molar-refractivity contribution in [3.05, 3.63) is 53.1 Å². The molecule has 0 unspecified atom stereocenters. The molecule has 0 fully saturated rings. The molecule has 2 aromatic rings. The Labute approximate surface area is 181 Å². The third-order valence-electron chi connectivity index (χ3n) is 4.15. The predicted molar refractivity (Wildman–Crippen MR) is 114 cm³/mol. The van der Waals surface area contributed by atoms with Gasteiger partial charge in [0.15, 0.2) is 6.61 Å². The van der Waals surface area contributed by atoms with Crippen molar-refractivity contribution < 1.29 is 27.4 Å². The first kappa shape index (κ1) is 23.9. The van der Waals surface area contributed by atoms with Crippen LogP contribution in [-0.2, 0) is 19.6 Å². The summed E-state index contributed by atoms with van der Waals surface area (Å²) in [6, 6.07) is 11.1. The van der Waals surface area contributed by atoms with E-state index in [-0.39, 0.29) is 47.4 Å². The Morgan fingerprint density at radius 1 is 1.13 bits per heavy atom. The molecular formula is C20H25ClN2O6S. The van der Waals surface area contributed by atoms with E-state index >= 15 is 0 Å². The summed E-state index contributed by atoms with van der Waals surface area (Å²) in [5.74, 6) is 0.514. The van der Waals surface area contributed by atoms with Gasteiger partial charge in [-0.05, 0) is 31.2 Å². The van der Waals surface area contributed by atoms with E-state index in [1.807, 2.05) is 31.2 Å². The van der Waals surface area contributed by atoms with E-state index in [1.165, 1.54) is 25.3 Å². The van der Waals surface area contributed by atoms with Crippen LogP contribution in [0.1, 0.15) is 18.5 Å². The van der Waals surface area contributed by atoms with Gasteiger partial charge in [0, 0.05) is 19.2 Å². The van der Waals surface area contributed by atoms with Gasteiger partial charge in [0.05, 0.1) is 29.7 Å². The van der Waals surface area contributed by atoms with Gasteiger partial charge in [-0.15, -0.1) is 0 Å². The van der Waals surface area contributed by atoms with Gasteiger partial charge in [-0.25, -0.2) is 13.1 Å². The minimum Gasteiger partial charge on any atom is -0.496 e. The zero-order valence-electron chi connectivity index (χ0n) is 17.0.